The quantitative estimate of drug-likeness (QED) is 0.513. The topological polar surface area (TPSA) is 108 Å². The maximum absolute atomic E-state index is 13.9. The molecular weight excluding hydrogens is 497 g/mol. The minimum atomic E-state index is -2.50. The molecule has 0 N–H and O–H groups in total. The molecule has 1 fully saturated rings. The van der Waals surface area contributed by atoms with Crippen molar-refractivity contribution in [3.05, 3.63) is 73.9 Å². The van der Waals surface area contributed by atoms with Gasteiger partial charge in [-0.05, 0) is 36.6 Å². The van der Waals surface area contributed by atoms with Crippen molar-refractivity contribution in [2.75, 3.05) is 18.0 Å². The van der Waals surface area contributed by atoms with Gasteiger partial charge in [-0.25, -0.2) is 22.5 Å². The largest absolute Gasteiger partial charge is 0.357 e. The monoisotopic (exact) mass is 514 g/mol. The van der Waals surface area contributed by atoms with Crippen molar-refractivity contribution >= 4 is 17.4 Å². The predicted molar refractivity (Wildman–Crippen MR) is 126 cm³/mol. The molecule has 36 heavy (non-hydrogen) atoms. The van der Waals surface area contributed by atoms with Gasteiger partial charge in [0.2, 0.25) is 6.43 Å². The zero-order chi connectivity index (χ0) is 26.0. The summed E-state index contributed by atoms with van der Waals surface area (Å²) >= 11 is 5.99. The smallest absolute Gasteiger partial charge is 0.338 e. The second-order valence-electron chi connectivity index (χ2n) is 8.20. The molecule has 1 aromatic carbocycles. The Morgan fingerprint density at radius 3 is 2.47 bits per heavy atom. The summed E-state index contributed by atoms with van der Waals surface area (Å²) in [5, 5.41) is 18.5. The lowest BCUT2D eigenvalue weighted by molar-refractivity contribution is 0.0634. The van der Waals surface area contributed by atoms with Gasteiger partial charge in [0, 0.05) is 25.2 Å². The lowest BCUT2D eigenvalue weighted by Crippen LogP contribution is -2.45. The number of benzene rings is 1. The van der Waals surface area contributed by atoms with Gasteiger partial charge < -0.3 is 4.90 Å². The van der Waals surface area contributed by atoms with Crippen LogP contribution in [0.1, 0.15) is 18.4 Å². The number of nitriles is 2. The maximum atomic E-state index is 13.9. The summed E-state index contributed by atoms with van der Waals surface area (Å²) in [6.45, 7) is -0.246. The summed E-state index contributed by atoms with van der Waals surface area (Å²) in [4.78, 5) is 32.9. The van der Waals surface area contributed by atoms with Crippen molar-refractivity contribution in [2.45, 2.75) is 25.8 Å². The summed E-state index contributed by atoms with van der Waals surface area (Å²) in [7, 11) is 0. The van der Waals surface area contributed by atoms with E-state index in [1.54, 1.807) is 4.90 Å². The number of hydrogen-bond acceptors (Lipinski definition) is 6. The molecule has 0 bridgehead atoms. The Labute approximate surface area is 208 Å². The molecule has 0 amide bonds. The van der Waals surface area contributed by atoms with E-state index in [2.05, 4.69) is 4.98 Å². The van der Waals surface area contributed by atoms with Crippen molar-refractivity contribution in [1.82, 2.24) is 14.1 Å². The Balaban J connectivity index is 2.05. The van der Waals surface area contributed by atoms with Crippen LogP contribution in [0.25, 0.3) is 16.8 Å². The zero-order valence-corrected chi connectivity index (χ0v) is 19.4. The summed E-state index contributed by atoms with van der Waals surface area (Å²) in [5.41, 5.74) is -1.50. The number of halogens is 4. The highest BCUT2D eigenvalue weighted by molar-refractivity contribution is 6.31. The molecule has 4 rings (SSSR count). The number of rotatable bonds is 5. The van der Waals surface area contributed by atoms with E-state index in [0.717, 1.165) is 15.2 Å². The normalized spacial score (nSPS) is 14.0. The number of nitrogens with zero attached hydrogens (tertiary/aromatic N) is 6. The number of piperidine rings is 1. The van der Waals surface area contributed by atoms with E-state index < -0.39 is 36.0 Å². The van der Waals surface area contributed by atoms with Gasteiger partial charge >= 0.3 is 5.69 Å². The second kappa shape index (κ2) is 10.3. The molecule has 3 aromatic rings. The average molecular weight is 515 g/mol. The van der Waals surface area contributed by atoms with E-state index in [1.807, 2.05) is 12.1 Å². The highest BCUT2D eigenvalue weighted by Gasteiger charge is 2.31. The van der Waals surface area contributed by atoms with Gasteiger partial charge in [-0.3, -0.25) is 14.3 Å². The fraction of sp³-hybridized carbons (Fsp3) is 0.292. The van der Waals surface area contributed by atoms with Crippen molar-refractivity contribution < 1.29 is 13.2 Å². The van der Waals surface area contributed by atoms with Crippen LogP contribution in [0.5, 0.6) is 0 Å². The summed E-state index contributed by atoms with van der Waals surface area (Å²) < 4.78 is 42.3. The predicted octanol–water partition coefficient (Wildman–Crippen LogP) is 3.73. The lowest BCUT2D eigenvalue weighted by atomic mass is 9.96. The van der Waals surface area contributed by atoms with E-state index in [1.165, 1.54) is 30.6 Å². The van der Waals surface area contributed by atoms with E-state index in [4.69, 9.17) is 11.6 Å². The van der Waals surface area contributed by atoms with E-state index in [0.29, 0.717) is 0 Å². The molecule has 3 heterocycles. The molecule has 0 unspecified atom stereocenters. The first-order valence-electron chi connectivity index (χ1n) is 10.9. The number of alkyl halides is 2. The van der Waals surface area contributed by atoms with Gasteiger partial charge in [0.1, 0.15) is 24.2 Å². The van der Waals surface area contributed by atoms with Gasteiger partial charge in [0.15, 0.2) is 0 Å². The van der Waals surface area contributed by atoms with Crippen molar-refractivity contribution in [3.8, 4) is 29.0 Å². The first-order valence-corrected chi connectivity index (χ1v) is 11.3. The molecule has 0 atom stereocenters. The molecule has 0 aliphatic carbocycles. The van der Waals surface area contributed by atoms with Crippen molar-refractivity contribution in [1.29, 1.82) is 10.5 Å². The van der Waals surface area contributed by atoms with Gasteiger partial charge in [0.25, 0.3) is 5.56 Å². The van der Waals surface area contributed by atoms with E-state index in [9.17, 15) is 33.3 Å². The van der Waals surface area contributed by atoms with Crippen LogP contribution in [-0.4, -0.2) is 33.6 Å². The third-order valence-corrected chi connectivity index (χ3v) is 6.35. The minimum absolute atomic E-state index is 0.00634. The van der Waals surface area contributed by atoms with Crippen LogP contribution in [0.3, 0.4) is 0 Å². The molecule has 12 heteroatoms. The Morgan fingerprint density at radius 1 is 1.14 bits per heavy atom. The summed E-state index contributed by atoms with van der Waals surface area (Å²) in [6.07, 6.45) is 0.190. The molecular formula is C24H18ClF3N6O2. The van der Waals surface area contributed by atoms with Crippen LogP contribution in [-0.2, 0) is 6.54 Å². The first-order chi connectivity index (χ1) is 17.3. The Kier molecular flexibility index (Phi) is 7.13. The van der Waals surface area contributed by atoms with Crippen molar-refractivity contribution in [3.63, 3.8) is 0 Å². The molecule has 0 radical (unpaired) electrons. The van der Waals surface area contributed by atoms with Crippen molar-refractivity contribution in [2.24, 2.45) is 5.92 Å². The van der Waals surface area contributed by atoms with Crippen LogP contribution in [0, 0.1) is 34.4 Å². The maximum Gasteiger partial charge on any atom is 0.338 e. The lowest BCUT2D eigenvalue weighted by Gasteiger charge is -2.35. The second-order valence-corrected chi connectivity index (χ2v) is 8.60. The Hall–Kier alpha value is -4.09. The average Bonchev–Trinajstić information content (AvgIpc) is 2.87. The van der Waals surface area contributed by atoms with E-state index >= 15 is 0 Å². The van der Waals surface area contributed by atoms with Gasteiger partial charge in [-0.1, -0.05) is 17.7 Å². The molecule has 184 valence electrons. The molecule has 0 spiro atoms. The minimum Gasteiger partial charge on any atom is -0.357 e. The van der Waals surface area contributed by atoms with Gasteiger partial charge in [0.05, 0.1) is 34.1 Å². The Morgan fingerprint density at radius 2 is 1.86 bits per heavy atom. The number of pyridine rings is 1. The highest BCUT2D eigenvalue weighted by Crippen LogP contribution is 2.33. The number of anilines is 1. The molecule has 2 aromatic heterocycles. The van der Waals surface area contributed by atoms with Crippen LogP contribution >= 0.6 is 11.6 Å². The molecule has 1 aliphatic heterocycles. The third kappa shape index (κ3) is 4.58. The summed E-state index contributed by atoms with van der Waals surface area (Å²) in [5.74, 6) is -1.50. The van der Waals surface area contributed by atoms with Crippen LogP contribution in [0.15, 0.2) is 46.2 Å². The molecule has 1 aliphatic rings. The first kappa shape index (κ1) is 25.0. The number of aromatic nitrogens is 3. The van der Waals surface area contributed by atoms with Gasteiger partial charge in [-0.15, -0.1) is 0 Å². The summed E-state index contributed by atoms with van der Waals surface area (Å²) in [6, 6.07) is 8.67. The van der Waals surface area contributed by atoms with E-state index in [-0.39, 0.29) is 59.1 Å². The van der Waals surface area contributed by atoms with Gasteiger partial charge in [-0.2, -0.15) is 10.5 Å². The zero-order valence-electron chi connectivity index (χ0n) is 18.7. The third-order valence-electron chi connectivity index (χ3n) is 6.06. The fourth-order valence-corrected chi connectivity index (χ4v) is 4.47. The Bertz CT molecular complexity index is 1510. The molecule has 1 saturated heterocycles. The van der Waals surface area contributed by atoms with Crippen LogP contribution in [0.2, 0.25) is 5.02 Å². The SMILES string of the molecule is N#CCn1c(N2CCC(C(F)F)CC2)c(-c2ccc(F)c(Cl)c2)c(=O)n(-c2cncc(C#N)c2)c1=O. The number of hydrogen-bond donors (Lipinski definition) is 0. The van der Waals surface area contributed by atoms with Crippen LogP contribution < -0.4 is 16.1 Å². The highest BCUT2D eigenvalue weighted by atomic mass is 35.5. The molecule has 8 nitrogen and oxygen atoms in total. The molecule has 0 saturated carbocycles. The van der Waals surface area contributed by atoms with Crippen LogP contribution in [0.4, 0.5) is 19.0 Å². The fourth-order valence-electron chi connectivity index (χ4n) is 4.29. The standard InChI is InChI=1S/C24H18ClF3N6O2/c25-18-10-16(1-2-19(18)26)20-22(32-6-3-15(4-7-32)21(27)28)33(8-5-29)24(36)34(23(20)35)17-9-14(11-30)12-31-13-17/h1-2,9-10,12-13,15,21H,3-4,6-8H2.